The second-order valence-corrected chi connectivity index (χ2v) is 5.12. The molecule has 0 aliphatic rings. The molecule has 0 spiro atoms. The van der Waals surface area contributed by atoms with Gasteiger partial charge < -0.3 is 14.5 Å². The highest BCUT2D eigenvalue weighted by molar-refractivity contribution is 6.10. The van der Waals surface area contributed by atoms with Gasteiger partial charge >= 0.3 is 5.97 Å². The Kier molecular flexibility index (Phi) is 6.57. The van der Waals surface area contributed by atoms with Gasteiger partial charge in [0, 0.05) is 11.3 Å². The monoisotopic (exact) mass is 317 g/mol. The molecule has 124 valence electrons. The third kappa shape index (κ3) is 4.71. The van der Waals surface area contributed by atoms with Crippen LogP contribution in [0, 0.1) is 6.92 Å². The first kappa shape index (κ1) is 18.5. The van der Waals surface area contributed by atoms with E-state index in [9.17, 15) is 9.59 Å². The van der Waals surface area contributed by atoms with Gasteiger partial charge in [0.1, 0.15) is 5.76 Å². The van der Waals surface area contributed by atoms with Gasteiger partial charge in [-0.15, -0.1) is 0 Å². The Bertz CT molecular complexity index is 677. The van der Waals surface area contributed by atoms with E-state index >= 15 is 0 Å². The molecule has 0 saturated carbocycles. The van der Waals surface area contributed by atoms with E-state index in [1.807, 2.05) is 19.9 Å². The molecule has 0 radical (unpaired) electrons. The van der Waals surface area contributed by atoms with E-state index < -0.39 is 5.97 Å². The molecule has 1 N–H and O–H groups in total. The minimum Gasteiger partial charge on any atom is -0.482 e. The Labute approximate surface area is 136 Å². The molecular formula is C18H23NO4. The molecule has 0 aliphatic carbocycles. The van der Waals surface area contributed by atoms with E-state index in [2.05, 4.69) is 16.3 Å². The molecule has 0 fully saturated rings. The molecule has 0 saturated heterocycles. The van der Waals surface area contributed by atoms with Gasteiger partial charge in [-0.3, -0.25) is 4.79 Å². The van der Waals surface area contributed by atoms with Gasteiger partial charge in [0.25, 0.3) is 0 Å². The summed E-state index contributed by atoms with van der Waals surface area (Å²) in [6.07, 6.45) is 1.75. The number of esters is 1. The molecule has 1 aromatic rings. The van der Waals surface area contributed by atoms with Crippen LogP contribution in [0.4, 0.5) is 0 Å². The van der Waals surface area contributed by atoms with Crippen LogP contribution in [0.25, 0.3) is 0 Å². The predicted octanol–water partition coefficient (Wildman–Crippen LogP) is 3.49. The van der Waals surface area contributed by atoms with E-state index in [4.69, 9.17) is 4.74 Å². The van der Waals surface area contributed by atoms with Crippen LogP contribution in [-0.2, 0) is 14.3 Å². The SMILES string of the molecule is C=C(OCC(=O)OC)/C(C)=C(C)\C(=C/C)C(=O)c1ccc(C)[nH]1. The number of H-pyrrole nitrogens is 1. The van der Waals surface area contributed by atoms with E-state index in [-0.39, 0.29) is 12.4 Å². The van der Waals surface area contributed by atoms with Crippen LogP contribution in [0.15, 0.2) is 47.3 Å². The molecular weight excluding hydrogens is 294 g/mol. The number of carbonyl (C=O) groups is 2. The molecule has 0 aromatic carbocycles. The maximum Gasteiger partial charge on any atom is 0.343 e. The summed E-state index contributed by atoms with van der Waals surface area (Å²) in [7, 11) is 1.29. The van der Waals surface area contributed by atoms with E-state index in [1.165, 1.54) is 7.11 Å². The lowest BCUT2D eigenvalue weighted by molar-refractivity contribution is -0.144. The summed E-state index contributed by atoms with van der Waals surface area (Å²) in [4.78, 5) is 26.7. The number of aryl methyl sites for hydroxylation is 1. The molecule has 1 heterocycles. The number of carbonyl (C=O) groups excluding carboxylic acids is 2. The summed E-state index contributed by atoms with van der Waals surface area (Å²) in [6.45, 7) is 10.9. The van der Waals surface area contributed by atoms with Crippen LogP contribution in [0.2, 0.25) is 0 Å². The number of Topliss-reactive ketones (excluding diaryl/α,β-unsaturated/α-hetero) is 1. The van der Waals surface area contributed by atoms with Crippen molar-refractivity contribution in [2.45, 2.75) is 27.7 Å². The smallest absolute Gasteiger partial charge is 0.343 e. The summed E-state index contributed by atoms with van der Waals surface area (Å²) in [5.41, 5.74) is 3.47. The van der Waals surface area contributed by atoms with Crippen molar-refractivity contribution in [3.05, 3.63) is 58.7 Å². The highest BCUT2D eigenvalue weighted by Gasteiger charge is 2.17. The maximum atomic E-state index is 12.6. The number of aromatic nitrogens is 1. The highest BCUT2D eigenvalue weighted by atomic mass is 16.6. The number of ether oxygens (including phenoxy) is 2. The Hall–Kier alpha value is -2.56. The molecule has 0 unspecified atom stereocenters. The fourth-order valence-electron chi connectivity index (χ4n) is 2.02. The van der Waals surface area contributed by atoms with E-state index in [0.29, 0.717) is 22.6 Å². The van der Waals surface area contributed by atoms with Gasteiger partial charge in [-0.05, 0) is 51.0 Å². The molecule has 5 heteroatoms. The molecule has 5 nitrogen and oxygen atoms in total. The van der Waals surface area contributed by atoms with Crippen LogP contribution < -0.4 is 0 Å². The third-order valence-electron chi connectivity index (χ3n) is 3.59. The number of aromatic amines is 1. The van der Waals surface area contributed by atoms with Crippen LogP contribution in [0.1, 0.15) is 37.0 Å². The lowest BCUT2D eigenvalue weighted by Gasteiger charge is -2.13. The lowest BCUT2D eigenvalue weighted by Crippen LogP contribution is -2.11. The number of ketones is 1. The van der Waals surface area contributed by atoms with Gasteiger partial charge in [-0.1, -0.05) is 12.7 Å². The standard InChI is InChI=1S/C18H23NO4/c1-7-15(18(21)16-9-8-11(2)19-16)13(4)12(3)14(5)23-10-17(20)22-6/h7-9,19H,5,10H2,1-4,6H3/b13-12-,15-7+. The normalized spacial score (nSPS) is 12.5. The van der Waals surface area contributed by atoms with Crippen molar-refractivity contribution in [3.63, 3.8) is 0 Å². The lowest BCUT2D eigenvalue weighted by atomic mass is 9.96. The summed E-state index contributed by atoms with van der Waals surface area (Å²) in [6, 6.07) is 3.61. The highest BCUT2D eigenvalue weighted by Crippen LogP contribution is 2.23. The zero-order valence-electron chi connectivity index (χ0n) is 14.3. The summed E-state index contributed by atoms with van der Waals surface area (Å²) >= 11 is 0. The van der Waals surface area contributed by atoms with Crippen LogP contribution in [0.5, 0.6) is 0 Å². The van der Waals surface area contributed by atoms with Gasteiger partial charge in [-0.25, -0.2) is 4.79 Å². The largest absolute Gasteiger partial charge is 0.482 e. The number of methoxy groups -OCH3 is 1. The zero-order chi connectivity index (χ0) is 17.6. The summed E-state index contributed by atoms with van der Waals surface area (Å²) in [5, 5.41) is 0. The van der Waals surface area contributed by atoms with Crippen LogP contribution in [-0.4, -0.2) is 30.5 Å². The predicted molar refractivity (Wildman–Crippen MR) is 89.1 cm³/mol. The first-order valence-electron chi connectivity index (χ1n) is 7.25. The molecule has 0 amide bonds. The molecule has 0 aliphatic heterocycles. The van der Waals surface area contributed by atoms with Crippen molar-refractivity contribution in [2.24, 2.45) is 0 Å². The first-order valence-corrected chi connectivity index (χ1v) is 7.25. The van der Waals surface area contributed by atoms with Crippen molar-refractivity contribution in [2.75, 3.05) is 13.7 Å². The Balaban J connectivity index is 2.97. The van der Waals surface area contributed by atoms with Gasteiger partial charge in [0.05, 0.1) is 12.8 Å². The molecule has 0 bridgehead atoms. The van der Waals surface area contributed by atoms with E-state index in [1.54, 1.807) is 26.0 Å². The second-order valence-electron chi connectivity index (χ2n) is 5.12. The van der Waals surface area contributed by atoms with Crippen molar-refractivity contribution in [1.82, 2.24) is 4.98 Å². The number of allylic oxidation sites excluding steroid dienone is 4. The number of nitrogens with one attached hydrogen (secondary N) is 1. The van der Waals surface area contributed by atoms with E-state index in [0.717, 1.165) is 11.3 Å². The first-order chi connectivity index (χ1) is 10.8. The summed E-state index contributed by atoms with van der Waals surface area (Å²) < 4.78 is 9.81. The molecule has 0 atom stereocenters. The van der Waals surface area contributed by atoms with Crippen molar-refractivity contribution < 1.29 is 19.1 Å². The van der Waals surface area contributed by atoms with Crippen molar-refractivity contribution >= 4 is 11.8 Å². The Morgan fingerprint density at radius 2 is 1.91 bits per heavy atom. The molecule has 1 aromatic heterocycles. The van der Waals surface area contributed by atoms with Gasteiger partial charge in [-0.2, -0.15) is 0 Å². The minimum absolute atomic E-state index is 0.0989. The fraction of sp³-hybridized carbons (Fsp3) is 0.333. The van der Waals surface area contributed by atoms with Crippen molar-refractivity contribution in [1.29, 1.82) is 0 Å². The molecule has 23 heavy (non-hydrogen) atoms. The third-order valence-corrected chi connectivity index (χ3v) is 3.59. The second kappa shape index (κ2) is 8.17. The quantitative estimate of drug-likeness (QED) is 0.275. The topological polar surface area (TPSA) is 68.4 Å². The number of rotatable bonds is 7. The zero-order valence-corrected chi connectivity index (χ0v) is 14.3. The fourth-order valence-corrected chi connectivity index (χ4v) is 2.02. The summed E-state index contributed by atoms with van der Waals surface area (Å²) in [5.74, 6) is -0.248. The minimum atomic E-state index is -0.485. The Morgan fingerprint density at radius 3 is 2.39 bits per heavy atom. The van der Waals surface area contributed by atoms with Crippen LogP contribution >= 0.6 is 0 Å². The Morgan fingerprint density at radius 1 is 1.26 bits per heavy atom. The number of hydrogen-bond acceptors (Lipinski definition) is 4. The number of hydrogen-bond donors (Lipinski definition) is 1. The molecule has 1 rings (SSSR count). The van der Waals surface area contributed by atoms with Gasteiger partial charge in [0.2, 0.25) is 5.78 Å². The average molecular weight is 317 g/mol. The van der Waals surface area contributed by atoms with Crippen molar-refractivity contribution in [3.8, 4) is 0 Å². The van der Waals surface area contributed by atoms with Crippen LogP contribution in [0.3, 0.4) is 0 Å². The van der Waals surface area contributed by atoms with Gasteiger partial charge in [0.15, 0.2) is 6.61 Å². The average Bonchev–Trinajstić information content (AvgIpc) is 2.98. The maximum absolute atomic E-state index is 12.6.